The first-order valence-electron chi connectivity index (χ1n) is 11.5. The summed E-state index contributed by atoms with van der Waals surface area (Å²) >= 11 is 0. The van der Waals surface area contributed by atoms with E-state index in [-0.39, 0.29) is 5.41 Å². The maximum atomic E-state index is 6.06. The third-order valence-electron chi connectivity index (χ3n) is 7.15. The largest absolute Gasteiger partial charge is 0.478 e. The third kappa shape index (κ3) is 4.68. The maximum absolute atomic E-state index is 6.06. The van der Waals surface area contributed by atoms with Gasteiger partial charge in [-0.3, -0.25) is 0 Å². The molecule has 0 unspecified atom stereocenters. The van der Waals surface area contributed by atoms with Crippen molar-refractivity contribution >= 4 is 11.8 Å². The number of hydrogen-bond acceptors (Lipinski definition) is 4. The molecule has 2 aliphatic carbocycles. The van der Waals surface area contributed by atoms with Crippen LogP contribution in [0.3, 0.4) is 0 Å². The standard InChI is InChI=1S/C23H38N2O2/c1-23(2,21-24-19(15-26-21)13-17-9-5-3-6-10-17)22-25-20(16-27-22)14-18-11-7-4-8-12-18/h17-20H,3-16H2,1-2H3/t19-,20-/m0/s1. The molecule has 0 N–H and O–H groups in total. The molecule has 2 heterocycles. The van der Waals surface area contributed by atoms with Crippen molar-refractivity contribution in [2.24, 2.45) is 27.2 Å². The second kappa shape index (κ2) is 8.53. The van der Waals surface area contributed by atoms with Crippen LogP contribution in [0.25, 0.3) is 0 Å². The molecule has 4 nitrogen and oxygen atoms in total. The molecule has 0 bridgehead atoms. The van der Waals surface area contributed by atoms with Gasteiger partial charge in [0.2, 0.25) is 0 Å². The molecule has 0 aromatic rings. The first-order valence-corrected chi connectivity index (χ1v) is 11.5. The van der Waals surface area contributed by atoms with Crippen LogP contribution in [0.2, 0.25) is 0 Å². The van der Waals surface area contributed by atoms with Gasteiger partial charge in [0.05, 0.1) is 12.1 Å². The van der Waals surface area contributed by atoms with Crippen molar-refractivity contribution in [3.63, 3.8) is 0 Å². The minimum absolute atomic E-state index is 0.331. The topological polar surface area (TPSA) is 43.2 Å². The van der Waals surface area contributed by atoms with Crippen LogP contribution in [-0.4, -0.2) is 37.1 Å². The molecule has 0 aromatic carbocycles. The summed E-state index contributed by atoms with van der Waals surface area (Å²) in [5.41, 5.74) is -0.331. The normalized spacial score (nSPS) is 30.6. The summed E-state index contributed by atoms with van der Waals surface area (Å²) < 4.78 is 12.1. The molecule has 2 aliphatic heterocycles. The fourth-order valence-corrected chi connectivity index (χ4v) is 5.46. The summed E-state index contributed by atoms with van der Waals surface area (Å²) in [6, 6.07) is 0.671. The van der Waals surface area contributed by atoms with Gasteiger partial charge in [0.15, 0.2) is 11.8 Å². The molecule has 27 heavy (non-hydrogen) atoms. The Labute approximate surface area is 165 Å². The SMILES string of the molecule is CC(C)(C1=N[C@@H](CC2CCCCC2)CO1)C1=N[C@@H](CC2CCCCC2)CO1. The van der Waals surface area contributed by atoms with Crippen molar-refractivity contribution in [3.05, 3.63) is 0 Å². The molecule has 4 heteroatoms. The molecule has 2 saturated carbocycles. The Bertz CT molecular complexity index is 509. The predicted octanol–water partition coefficient (Wildman–Crippen LogP) is 5.55. The van der Waals surface area contributed by atoms with Gasteiger partial charge in [0.25, 0.3) is 0 Å². The average molecular weight is 375 g/mol. The molecular formula is C23H38N2O2. The Morgan fingerprint density at radius 3 is 1.52 bits per heavy atom. The molecule has 2 fully saturated rings. The summed E-state index contributed by atoms with van der Waals surface area (Å²) in [6.45, 7) is 5.81. The molecule has 4 aliphatic rings. The van der Waals surface area contributed by atoms with Crippen LogP contribution in [-0.2, 0) is 9.47 Å². The Hall–Kier alpha value is -1.06. The van der Waals surface area contributed by atoms with E-state index in [0.29, 0.717) is 12.1 Å². The van der Waals surface area contributed by atoms with Gasteiger partial charge in [-0.1, -0.05) is 64.2 Å². The van der Waals surface area contributed by atoms with E-state index in [4.69, 9.17) is 19.5 Å². The summed E-state index contributed by atoms with van der Waals surface area (Å²) in [5, 5.41) is 0. The van der Waals surface area contributed by atoms with E-state index in [1.54, 1.807) is 0 Å². The van der Waals surface area contributed by atoms with Crippen LogP contribution >= 0.6 is 0 Å². The highest BCUT2D eigenvalue weighted by atomic mass is 16.5. The van der Waals surface area contributed by atoms with Crippen LogP contribution in [0.4, 0.5) is 0 Å². The van der Waals surface area contributed by atoms with Gasteiger partial charge in [-0.25, -0.2) is 9.98 Å². The quantitative estimate of drug-likeness (QED) is 0.612. The second-order valence-corrected chi connectivity index (χ2v) is 9.90. The molecule has 0 radical (unpaired) electrons. The lowest BCUT2D eigenvalue weighted by Gasteiger charge is -2.23. The van der Waals surface area contributed by atoms with Crippen molar-refractivity contribution in [2.75, 3.05) is 13.2 Å². The van der Waals surface area contributed by atoms with Crippen LogP contribution in [0.1, 0.15) is 90.9 Å². The van der Waals surface area contributed by atoms with Gasteiger partial charge in [0, 0.05) is 0 Å². The smallest absolute Gasteiger partial charge is 0.199 e. The molecule has 0 saturated heterocycles. The number of nitrogens with zero attached hydrogens (tertiary/aromatic N) is 2. The zero-order valence-corrected chi connectivity index (χ0v) is 17.4. The van der Waals surface area contributed by atoms with Crippen molar-refractivity contribution in [3.8, 4) is 0 Å². The monoisotopic (exact) mass is 374 g/mol. The number of aliphatic imine (C=N–C) groups is 2. The summed E-state index contributed by atoms with van der Waals surface area (Å²) in [6.07, 6.45) is 16.3. The number of ether oxygens (including phenoxy) is 2. The van der Waals surface area contributed by atoms with Gasteiger partial charge in [-0.2, -0.15) is 0 Å². The van der Waals surface area contributed by atoms with Crippen LogP contribution in [0.15, 0.2) is 9.98 Å². The highest BCUT2D eigenvalue weighted by molar-refractivity contribution is 6.05. The zero-order chi connectivity index (χ0) is 18.7. The molecule has 0 aromatic heterocycles. The van der Waals surface area contributed by atoms with Crippen molar-refractivity contribution in [1.29, 1.82) is 0 Å². The minimum Gasteiger partial charge on any atom is -0.478 e. The van der Waals surface area contributed by atoms with E-state index in [0.717, 1.165) is 36.8 Å². The first kappa shape index (κ1) is 19.3. The molecule has 0 spiro atoms. The van der Waals surface area contributed by atoms with E-state index < -0.39 is 0 Å². The Kier molecular flexibility index (Phi) is 6.08. The van der Waals surface area contributed by atoms with Gasteiger partial charge >= 0.3 is 0 Å². The molecule has 2 atom stereocenters. The summed E-state index contributed by atoms with van der Waals surface area (Å²) in [7, 11) is 0. The van der Waals surface area contributed by atoms with Gasteiger partial charge < -0.3 is 9.47 Å². The lowest BCUT2D eigenvalue weighted by Crippen LogP contribution is -2.34. The Morgan fingerprint density at radius 1 is 0.704 bits per heavy atom. The lowest BCUT2D eigenvalue weighted by molar-refractivity contribution is 0.240. The molecular weight excluding hydrogens is 336 g/mol. The van der Waals surface area contributed by atoms with Crippen molar-refractivity contribution < 1.29 is 9.47 Å². The molecule has 4 rings (SSSR count). The Morgan fingerprint density at radius 2 is 1.11 bits per heavy atom. The maximum Gasteiger partial charge on any atom is 0.199 e. The van der Waals surface area contributed by atoms with E-state index in [1.807, 2.05) is 0 Å². The van der Waals surface area contributed by atoms with Crippen LogP contribution < -0.4 is 0 Å². The third-order valence-corrected chi connectivity index (χ3v) is 7.15. The first-order chi connectivity index (χ1) is 13.1. The minimum atomic E-state index is -0.331. The van der Waals surface area contributed by atoms with Crippen LogP contribution in [0, 0.1) is 17.3 Å². The van der Waals surface area contributed by atoms with E-state index in [1.165, 1.54) is 77.0 Å². The van der Waals surface area contributed by atoms with E-state index in [2.05, 4.69) is 13.8 Å². The van der Waals surface area contributed by atoms with E-state index in [9.17, 15) is 0 Å². The van der Waals surface area contributed by atoms with Gasteiger partial charge in [-0.15, -0.1) is 0 Å². The lowest BCUT2D eigenvalue weighted by atomic mass is 9.85. The zero-order valence-electron chi connectivity index (χ0n) is 17.4. The molecule has 152 valence electrons. The highest BCUT2D eigenvalue weighted by Crippen LogP contribution is 2.35. The fraction of sp³-hybridized carbons (Fsp3) is 0.913. The summed E-state index contributed by atoms with van der Waals surface area (Å²) in [4.78, 5) is 9.95. The summed E-state index contributed by atoms with van der Waals surface area (Å²) in [5.74, 6) is 3.39. The number of hydrogen-bond donors (Lipinski definition) is 0. The van der Waals surface area contributed by atoms with Gasteiger partial charge in [-0.05, 0) is 38.5 Å². The Balaban J connectivity index is 1.34. The highest BCUT2D eigenvalue weighted by Gasteiger charge is 2.41. The fourth-order valence-electron chi connectivity index (χ4n) is 5.46. The molecule has 0 amide bonds. The second-order valence-electron chi connectivity index (χ2n) is 9.90. The van der Waals surface area contributed by atoms with Crippen molar-refractivity contribution in [1.82, 2.24) is 0 Å². The average Bonchev–Trinajstić information content (AvgIpc) is 3.34. The van der Waals surface area contributed by atoms with Crippen molar-refractivity contribution in [2.45, 2.75) is 103 Å². The predicted molar refractivity (Wildman–Crippen MR) is 111 cm³/mol. The number of rotatable bonds is 6. The van der Waals surface area contributed by atoms with Crippen LogP contribution in [0.5, 0.6) is 0 Å². The van der Waals surface area contributed by atoms with Gasteiger partial charge in [0.1, 0.15) is 18.6 Å². The van der Waals surface area contributed by atoms with E-state index >= 15 is 0 Å².